The van der Waals surface area contributed by atoms with Crippen molar-refractivity contribution >= 4 is 8.41 Å². The molecule has 36 atom stereocenters. The third-order valence-corrected chi connectivity index (χ3v) is 49.3. The van der Waals surface area contributed by atoms with E-state index in [9.17, 15) is 0 Å². The molecule has 41 rings (SSSR count). The number of hydrogen-bond donors (Lipinski definition) is 0. The van der Waals surface area contributed by atoms with E-state index in [4.69, 9.17) is 0 Å². The first-order chi connectivity index (χ1) is 29.4. The molecule has 0 nitrogen and oxygen atoms in total. The average Bonchev–Trinajstić information content (AvgIpc) is 3.06. The standard InChI is InChI=1S/C55H32.C4H8.12CH4.B.FH.2H2/c1-5-13-6-2-10-16-20-25-28-26-22-18-12-4-8-14-7-3-11-17-21-24-27-23-19-15-9(1)29(5)33(13)30(6,10)36(16)40(20)45(25)48(28)46(26)42(22)38(18)32(8,12)34(14)31(7,11)37(17)41(21)44(24)47(27)43(23)39(19)35(15,29)49(33,36)51(39,40)53(43,45)55(47,48)54(44,46)52(41,42)50(34,37)38;1-2-4-3-1;;;;;;;;;;;;;;;;/h5-28H,1-4H2;1-4H2;12*1H4;;3*1H/i;;;;;;;;;;;;;;;;1+1;. The molecule has 0 aliphatic heterocycles. The number of fused-ring (bicyclic) bond motifs is 20. The predicted octanol–water partition coefficient (Wildman–Crippen LogP) is 14.0. The Kier molecular flexibility index (Phi) is 3.34. The van der Waals surface area contributed by atoms with Gasteiger partial charge in [0.25, 0.3) is 0 Å². The summed E-state index contributed by atoms with van der Waals surface area (Å²) in [5, 5.41) is 0. The van der Waals surface area contributed by atoms with Gasteiger partial charge in [-0.3, -0.25) is 4.70 Å². The molecule has 41 aliphatic carbocycles. The number of halogens is 1. The Morgan fingerprint density at radius 1 is 0.205 bits per heavy atom. The lowest BCUT2D eigenvalue weighted by atomic mass is 8.35. The zero-order valence-electron chi connectivity index (χ0n) is 34.0. The van der Waals surface area contributed by atoms with Gasteiger partial charge in [-0.05, 0) is 314 Å². The van der Waals surface area contributed by atoms with Crippen molar-refractivity contribution in [1.82, 2.24) is 0 Å². The molecule has 0 aromatic heterocycles. The Morgan fingerprint density at radius 3 is 0.575 bits per heavy atom. The SMILES string of the molecule is C.C.C.C.C.C.C.C.C.C.C.C.C1C2C3C4CC5C6C7C8C9C%10C%11C%12C%13CC%14C%15C%16CC%17C%18C%19C%20C%21C%22C%23C%24C1C21C32C45C63C74C85C96C%107C%118C%129C%14%13C%15%10C%16%17C%18%11C%19%12C%20%13C%21%14C%22%15C%23%16C%241C23C%164C%155C%146C%137C%128C%10%119.C1CCC1.F.[2HH].[B].[HH]. The highest BCUT2D eigenvalue weighted by Crippen LogP contribution is 3.71. The Balaban J connectivity index is 0.000000186. The maximum atomic E-state index is 1.85. The van der Waals surface area contributed by atoms with Gasteiger partial charge in [-0.15, -0.1) is 0 Å². The van der Waals surface area contributed by atoms with E-state index in [1.807, 2.05) is 25.7 Å². The molecular weight excluding hydrogens is 883 g/mol. The number of hydrogen-bond acceptors (Lipinski definition) is 0. The van der Waals surface area contributed by atoms with Crippen molar-refractivity contribution in [3.63, 3.8) is 0 Å². The molecule has 41 aliphatic rings. The molecule has 41 fully saturated rings. The average molecular weight is 977 g/mol. The van der Waals surface area contributed by atoms with E-state index < -0.39 is 0 Å². The first-order valence-corrected chi connectivity index (χ1v) is 29.4. The van der Waals surface area contributed by atoms with E-state index in [-0.39, 0.29) is 105 Å². The molecule has 3 radical (unpaired) electrons. The summed E-state index contributed by atoms with van der Waals surface area (Å²) in [6.45, 7) is 0. The molecule has 0 aromatic carbocycles. The zero-order valence-corrected chi connectivity index (χ0v) is 34.0. The van der Waals surface area contributed by atoms with Crippen LogP contribution in [0.2, 0.25) is 0 Å². The van der Waals surface area contributed by atoms with Crippen LogP contribution in [0.3, 0.4) is 0 Å². The van der Waals surface area contributed by atoms with Gasteiger partial charge >= 0.3 is 0 Å². The Hall–Kier alpha value is -0.00506. The molecule has 27 spiro atoms. The fourth-order valence-electron chi connectivity index (χ4n) is 62.1. The molecule has 41 saturated carbocycles. The van der Waals surface area contributed by atoms with Crippen LogP contribution >= 0.6 is 0 Å². The monoisotopic (exact) mass is 977 g/mol. The van der Waals surface area contributed by atoms with E-state index in [0.717, 1.165) is 146 Å². The van der Waals surface area contributed by atoms with Gasteiger partial charge in [-0.2, -0.15) is 0 Å². The van der Waals surface area contributed by atoms with Crippen molar-refractivity contribution in [1.29, 1.82) is 0 Å². The van der Waals surface area contributed by atoms with Gasteiger partial charge < -0.3 is 0 Å². The first-order valence-electron chi connectivity index (χ1n) is 29.4. The minimum absolute atomic E-state index is 0. The smallest absolute Gasteiger partial charge is 0 e. The predicted molar refractivity (Wildman–Crippen MR) is 280 cm³/mol. The topological polar surface area (TPSA) is 0 Å². The van der Waals surface area contributed by atoms with Crippen molar-refractivity contribution in [2.75, 3.05) is 0 Å². The second-order valence-corrected chi connectivity index (χ2v) is 37.3. The summed E-state index contributed by atoms with van der Waals surface area (Å²) in [6, 6.07) is 0. The van der Waals surface area contributed by atoms with Crippen molar-refractivity contribution in [2.45, 2.75) is 140 Å². The Morgan fingerprint density at radius 2 is 0.370 bits per heavy atom. The molecule has 0 heterocycles. The summed E-state index contributed by atoms with van der Waals surface area (Å²) in [7, 11) is 0. The largest absolute Gasteiger partial charge is 0.269 e. The van der Waals surface area contributed by atoms with Gasteiger partial charge in [0.05, 0.1) is 0 Å². The molecule has 2 heteroatoms. The lowest BCUT2D eigenvalue weighted by Crippen LogP contribution is -3.66. The fraction of sp³-hybridized carbons (Fsp3) is 1.00. The van der Waals surface area contributed by atoms with E-state index >= 15 is 0 Å². The lowest BCUT2D eigenvalue weighted by molar-refractivity contribution is -1.23. The maximum Gasteiger partial charge on any atom is 0 e. The highest BCUT2D eigenvalue weighted by molar-refractivity contribution is 6.14. The second-order valence-electron chi connectivity index (χ2n) is 37.3. The molecular formula is C71H93BF. The van der Waals surface area contributed by atoms with E-state index in [1.54, 1.807) is 0 Å². The third kappa shape index (κ3) is 0.912. The Bertz CT molecular complexity index is 3410. The quantitative estimate of drug-likeness (QED) is 0.212. The lowest BCUT2D eigenvalue weighted by Gasteiger charge is -3.67. The first kappa shape index (κ1) is 39.4. The van der Waals surface area contributed by atoms with Crippen molar-refractivity contribution in [3.05, 3.63) is 0 Å². The van der Waals surface area contributed by atoms with Crippen LogP contribution in [0.4, 0.5) is 4.70 Å². The van der Waals surface area contributed by atoms with Gasteiger partial charge in [-0.1, -0.05) is 115 Å². The van der Waals surface area contributed by atoms with Crippen molar-refractivity contribution in [3.8, 4) is 0 Å². The van der Waals surface area contributed by atoms with E-state index in [2.05, 4.69) is 0 Å². The summed E-state index contributed by atoms with van der Waals surface area (Å²) in [5.74, 6) is 33.7. The third-order valence-electron chi connectivity index (χ3n) is 49.3. The second kappa shape index (κ2) is 6.20. The molecule has 0 saturated heterocycles. The van der Waals surface area contributed by atoms with Gasteiger partial charge in [-0.25, -0.2) is 0 Å². The van der Waals surface area contributed by atoms with Crippen LogP contribution in [0.1, 0.15) is 143 Å². The summed E-state index contributed by atoms with van der Waals surface area (Å²) in [4.78, 5) is 0. The summed E-state index contributed by atoms with van der Waals surface area (Å²) >= 11 is 0. The van der Waals surface area contributed by atoms with Crippen LogP contribution in [0.25, 0.3) is 0 Å². The highest BCUT2D eigenvalue weighted by atomic mass is 19.0. The van der Waals surface area contributed by atoms with E-state index in [0.29, 0.717) is 0 Å². The minimum atomic E-state index is 0. The van der Waals surface area contributed by atoms with Crippen LogP contribution in [-0.4, -0.2) is 8.41 Å². The molecule has 73 heavy (non-hydrogen) atoms. The van der Waals surface area contributed by atoms with Crippen LogP contribution in [0.15, 0.2) is 0 Å². The minimum Gasteiger partial charge on any atom is -0.269 e. The van der Waals surface area contributed by atoms with Gasteiger partial charge in [0.15, 0.2) is 0 Å². The molecule has 0 aromatic rings. The van der Waals surface area contributed by atoms with Gasteiger partial charge in [0, 0.05) is 11.3 Å². The van der Waals surface area contributed by atoms with Crippen LogP contribution in [-0.2, 0) is 0 Å². The van der Waals surface area contributed by atoms with Gasteiger partial charge in [0.2, 0.25) is 0 Å². The maximum absolute atomic E-state index is 1.85. The summed E-state index contributed by atoms with van der Waals surface area (Å²) in [6.07, 6.45) is 13.4. The van der Waals surface area contributed by atoms with Crippen LogP contribution in [0.5, 0.6) is 0 Å². The number of rotatable bonds is 0. The molecule has 0 amide bonds. The molecule has 36 unspecified atom stereocenters. The summed E-state index contributed by atoms with van der Waals surface area (Å²) in [5.41, 5.74) is 30.6. The fourth-order valence-corrected chi connectivity index (χ4v) is 62.1. The highest BCUT2D eigenvalue weighted by Gasteiger charge is 3.70. The van der Waals surface area contributed by atoms with Gasteiger partial charge in [0.1, 0.15) is 0 Å². The molecule has 0 bridgehead atoms. The normalized spacial score (nSPS) is 109. The zero-order chi connectivity index (χ0) is 33.0. The van der Waals surface area contributed by atoms with E-state index in [1.165, 1.54) is 168 Å². The molecule has 0 N–H and O–H groups in total. The van der Waals surface area contributed by atoms with Crippen molar-refractivity contribution in [2.24, 2.45) is 288 Å². The summed E-state index contributed by atoms with van der Waals surface area (Å²) < 4.78 is 0. The van der Waals surface area contributed by atoms with Crippen LogP contribution in [0, 0.1) is 288 Å². The van der Waals surface area contributed by atoms with Crippen molar-refractivity contribution < 1.29 is 7.56 Å². The molecule has 387 valence electrons. The van der Waals surface area contributed by atoms with Crippen LogP contribution < -0.4 is 0 Å². The Labute approximate surface area is 442 Å².